The van der Waals surface area contributed by atoms with Gasteiger partial charge in [0, 0.05) is 43.1 Å². The van der Waals surface area contributed by atoms with E-state index in [-0.39, 0.29) is 11.9 Å². The molecule has 0 aliphatic carbocycles. The van der Waals surface area contributed by atoms with Crippen molar-refractivity contribution in [2.75, 3.05) is 36.4 Å². The molecule has 1 aliphatic heterocycles. The number of rotatable bonds is 4. The largest absolute Gasteiger partial charge is 0.354 e. The second-order valence-corrected chi connectivity index (χ2v) is 6.97. The van der Waals surface area contributed by atoms with E-state index in [2.05, 4.69) is 26.2 Å². The fourth-order valence-electron chi connectivity index (χ4n) is 3.22. The number of amides is 1. The Labute approximate surface area is 164 Å². The predicted molar refractivity (Wildman–Crippen MR) is 107 cm³/mol. The van der Waals surface area contributed by atoms with Gasteiger partial charge < -0.3 is 10.2 Å². The highest BCUT2D eigenvalue weighted by Crippen LogP contribution is 2.19. The zero-order valence-corrected chi connectivity index (χ0v) is 16.0. The number of hydrogen-bond donors (Lipinski definition) is 1. The van der Waals surface area contributed by atoms with Gasteiger partial charge in [-0.05, 0) is 49.7 Å². The van der Waals surface area contributed by atoms with Gasteiger partial charge in [-0.15, -0.1) is 0 Å². The molecule has 0 saturated carbocycles. The monoisotopic (exact) mass is 383 g/mol. The molecular weight excluding hydrogens is 362 g/mol. The molecule has 1 aliphatic rings. The molecule has 1 aromatic carbocycles. The maximum absolute atomic E-state index is 12.6. The molecule has 2 aromatic rings. The molecule has 1 unspecified atom stereocenters. The van der Waals surface area contributed by atoms with Crippen molar-refractivity contribution < 1.29 is 4.79 Å². The summed E-state index contributed by atoms with van der Waals surface area (Å²) in [6, 6.07) is 12.6. The van der Waals surface area contributed by atoms with Crippen molar-refractivity contribution in [3.63, 3.8) is 0 Å². The Hall–Kier alpha value is -2.62. The third-order valence-electron chi connectivity index (χ3n) is 4.78. The van der Waals surface area contributed by atoms with Gasteiger partial charge in [0.05, 0.1) is 11.6 Å². The van der Waals surface area contributed by atoms with Gasteiger partial charge in [0.1, 0.15) is 11.9 Å². The van der Waals surface area contributed by atoms with Gasteiger partial charge in [0.25, 0.3) is 0 Å². The lowest BCUT2D eigenvalue weighted by atomic mass is 10.2. The molecule has 0 spiro atoms. The summed E-state index contributed by atoms with van der Waals surface area (Å²) in [4.78, 5) is 21.3. The van der Waals surface area contributed by atoms with Crippen LogP contribution < -0.4 is 10.2 Å². The first-order valence-electron chi connectivity index (χ1n) is 8.99. The summed E-state index contributed by atoms with van der Waals surface area (Å²) in [6.45, 7) is 5.01. The van der Waals surface area contributed by atoms with Gasteiger partial charge in [-0.3, -0.25) is 9.69 Å². The molecule has 1 atom stereocenters. The van der Waals surface area contributed by atoms with E-state index in [0.29, 0.717) is 10.6 Å². The first-order chi connectivity index (χ1) is 13.1. The van der Waals surface area contributed by atoms with E-state index in [1.807, 2.05) is 6.92 Å². The van der Waals surface area contributed by atoms with E-state index in [1.54, 1.807) is 42.6 Å². The summed E-state index contributed by atoms with van der Waals surface area (Å²) in [6.07, 6.45) is 2.61. The topological polar surface area (TPSA) is 72.3 Å². The Morgan fingerprint density at radius 2 is 2.00 bits per heavy atom. The van der Waals surface area contributed by atoms with Crippen molar-refractivity contribution in [1.29, 1.82) is 5.26 Å². The molecule has 6 nitrogen and oxygen atoms in total. The van der Waals surface area contributed by atoms with E-state index < -0.39 is 0 Å². The molecule has 0 radical (unpaired) electrons. The number of carbonyl (C=O) groups excluding carboxylic acids is 1. The number of nitrogens with zero attached hydrogens (tertiary/aromatic N) is 4. The molecule has 1 aromatic heterocycles. The average Bonchev–Trinajstić information content (AvgIpc) is 2.95. The number of aromatic nitrogens is 1. The van der Waals surface area contributed by atoms with Crippen molar-refractivity contribution in [3.05, 3.63) is 53.2 Å². The lowest BCUT2D eigenvalue weighted by molar-refractivity contribution is -0.120. The normalized spacial score (nSPS) is 16.3. The van der Waals surface area contributed by atoms with E-state index in [1.165, 1.54) is 0 Å². The van der Waals surface area contributed by atoms with Gasteiger partial charge in [-0.2, -0.15) is 5.26 Å². The van der Waals surface area contributed by atoms with E-state index in [9.17, 15) is 10.1 Å². The zero-order valence-electron chi connectivity index (χ0n) is 15.2. The van der Waals surface area contributed by atoms with E-state index >= 15 is 0 Å². The highest BCUT2D eigenvalue weighted by molar-refractivity contribution is 6.30. The Kier molecular flexibility index (Phi) is 6.28. The number of hydrogen-bond acceptors (Lipinski definition) is 5. The van der Waals surface area contributed by atoms with Crippen molar-refractivity contribution in [2.45, 2.75) is 19.4 Å². The number of nitrogens with one attached hydrogen (secondary N) is 1. The first kappa shape index (κ1) is 19.2. The molecule has 1 N–H and O–H groups in total. The fraction of sp³-hybridized carbons (Fsp3) is 0.350. The molecule has 140 valence electrons. The van der Waals surface area contributed by atoms with Crippen LogP contribution in [0, 0.1) is 11.3 Å². The minimum Gasteiger partial charge on any atom is -0.354 e. The van der Waals surface area contributed by atoms with Crippen LogP contribution in [0.2, 0.25) is 5.02 Å². The number of nitriles is 1. The highest BCUT2D eigenvalue weighted by atomic mass is 35.5. The number of anilines is 2. The van der Waals surface area contributed by atoms with Gasteiger partial charge in [0.15, 0.2) is 0 Å². The maximum Gasteiger partial charge on any atom is 0.241 e. The van der Waals surface area contributed by atoms with Crippen LogP contribution in [-0.4, -0.2) is 48.0 Å². The molecule has 27 heavy (non-hydrogen) atoms. The van der Waals surface area contributed by atoms with Gasteiger partial charge in [-0.25, -0.2) is 4.98 Å². The van der Waals surface area contributed by atoms with Crippen LogP contribution in [-0.2, 0) is 4.79 Å². The van der Waals surface area contributed by atoms with Crippen LogP contribution in [0.1, 0.15) is 18.9 Å². The Morgan fingerprint density at radius 3 is 2.74 bits per heavy atom. The molecule has 0 bridgehead atoms. The smallest absolute Gasteiger partial charge is 0.241 e. The Morgan fingerprint density at radius 1 is 1.22 bits per heavy atom. The summed E-state index contributed by atoms with van der Waals surface area (Å²) in [5, 5.41) is 12.9. The third kappa shape index (κ3) is 4.76. The number of pyridine rings is 1. The summed E-state index contributed by atoms with van der Waals surface area (Å²) in [7, 11) is 0. The number of benzene rings is 1. The standard InChI is InChI=1S/C20H22ClN5O/c1-15(20(27)24-18-7-5-17(21)6-8-18)25-10-3-11-26(13-12-25)19-16(14-22)4-2-9-23-19/h2,4-9,15H,3,10-13H2,1H3,(H,24,27). The van der Waals surface area contributed by atoms with Crippen LogP contribution >= 0.6 is 11.6 Å². The summed E-state index contributed by atoms with van der Waals surface area (Å²) in [5.41, 5.74) is 1.32. The van der Waals surface area contributed by atoms with Crippen LogP contribution in [0.4, 0.5) is 11.5 Å². The zero-order chi connectivity index (χ0) is 19.2. The van der Waals surface area contributed by atoms with Gasteiger partial charge >= 0.3 is 0 Å². The quantitative estimate of drug-likeness (QED) is 0.878. The summed E-state index contributed by atoms with van der Waals surface area (Å²) >= 11 is 5.89. The van der Waals surface area contributed by atoms with Crippen molar-refractivity contribution in [1.82, 2.24) is 9.88 Å². The minimum absolute atomic E-state index is 0.0404. The van der Waals surface area contributed by atoms with Gasteiger partial charge in [-0.1, -0.05) is 11.6 Å². The van der Waals surface area contributed by atoms with Crippen LogP contribution in [0.15, 0.2) is 42.6 Å². The van der Waals surface area contributed by atoms with Crippen molar-refractivity contribution in [2.24, 2.45) is 0 Å². The lowest BCUT2D eigenvalue weighted by Gasteiger charge is -2.27. The molecule has 1 amide bonds. The molecule has 2 heterocycles. The number of halogens is 1. The van der Waals surface area contributed by atoms with Crippen LogP contribution in [0.5, 0.6) is 0 Å². The second-order valence-electron chi connectivity index (χ2n) is 6.54. The molecule has 7 heteroatoms. The second kappa shape index (κ2) is 8.85. The Bertz CT molecular complexity index is 833. The van der Waals surface area contributed by atoms with Crippen LogP contribution in [0.3, 0.4) is 0 Å². The SMILES string of the molecule is CC(C(=O)Nc1ccc(Cl)cc1)N1CCCN(c2ncccc2C#N)CC1. The molecule has 1 fully saturated rings. The molecular formula is C20H22ClN5O. The fourth-order valence-corrected chi connectivity index (χ4v) is 3.34. The lowest BCUT2D eigenvalue weighted by Crippen LogP contribution is -2.44. The molecule has 3 rings (SSSR count). The highest BCUT2D eigenvalue weighted by Gasteiger charge is 2.25. The van der Waals surface area contributed by atoms with E-state index in [4.69, 9.17) is 11.6 Å². The molecule has 1 saturated heterocycles. The van der Waals surface area contributed by atoms with E-state index in [0.717, 1.165) is 44.1 Å². The number of carbonyl (C=O) groups is 1. The maximum atomic E-state index is 12.6. The average molecular weight is 384 g/mol. The van der Waals surface area contributed by atoms with Gasteiger partial charge in [0.2, 0.25) is 5.91 Å². The minimum atomic E-state index is -0.250. The summed E-state index contributed by atoms with van der Waals surface area (Å²) < 4.78 is 0. The Balaban J connectivity index is 1.62. The van der Waals surface area contributed by atoms with Crippen LogP contribution in [0.25, 0.3) is 0 Å². The van der Waals surface area contributed by atoms with Crippen molar-refractivity contribution in [3.8, 4) is 6.07 Å². The summed E-state index contributed by atoms with van der Waals surface area (Å²) in [5.74, 6) is 0.682. The third-order valence-corrected chi connectivity index (χ3v) is 5.03. The first-order valence-corrected chi connectivity index (χ1v) is 9.37. The predicted octanol–water partition coefficient (Wildman–Crippen LogP) is 3.15. The van der Waals surface area contributed by atoms with Crippen molar-refractivity contribution >= 4 is 29.0 Å².